The Morgan fingerprint density at radius 1 is 1.36 bits per heavy atom. The van der Waals surface area contributed by atoms with Crippen LogP contribution >= 0.6 is 0 Å². The van der Waals surface area contributed by atoms with Gasteiger partial charge in [0.1, 0.15) is 0 Å². The minimum absolute atomic E-state index is 0.000862. The third-order valence-electron chi connectivity index (χ3n) is 3.66. The zero-order valence-corrected chi connectivity index (χ0v) is 13.2. The number of benzene rings is 1. The Bertz CT molecular complexity index is 526. The lowest BCUT2D eigenvalue weighted by Crippen LogP contribution is -2.27. The number of nitro groups is 1. The summed E-state index contributed by atoms with van der Waals surface area (Å²) in [7, 11) is 0. The Labute approximate surface area is 131 Å². The Hall–Kier alpha value is -2.17. The third kappa shape index (κ3) is 6.08. The van der Waals surface area contributed by atoms with E-state index in [2.05, 4.69) is 19.2 Å². The Balaban J connectivity index is 2.56. The molecule has 1 aromatic carbocycles. The topological polar surface area (TPSA) is 72.2 Å². The highest BCUT2D eigenvalue weighted by atomic mass is 16.6. The van der Waals surface area contributed by atoms with Crippen LogP contribution in [-0.2, 0) is 4.79 Å². The lowest BCUT2D eigenvalue weighted by molar-refractivity contribution is -0.385. The van der Waals surface area contributed by atoms with Crippen LogP contribution in [0.4, 0.5) is 5.69 Å². The van der Waals surface area contributed by atoms with Gasteiger partial charge in [-0.3, -0.25) is 14.9 Å². The molecule has 0 aliphatic heterocycles. The number of hydrogen-bond acceptors (Lipinski definition) is 3. The van der Waals surface area contributed by atoms with E-state index in [1.54, 1.807) is 18.2 Å². The van der Waals surface area contributed by atoms with Crippen LogP contribution < -0.4 is 5.32 Å². The molecular formula is C17H24N2O3. The molecule has 0 radical (unpaired) electrons. The molecule has 5 nitrogen and oxygen atoms in total. The number of unbranched alkanes of at least 4 members (excludes halogenated alkanes) is 1. The zero-order chi connectivity index (χ0) is 16.4. The van der Waals surface area contributed by atoms with Gasteiger partial charge in [0, 0.05) is 18.7 Å². The number of para-hydroxylation sites is 1. The molecule has 0 heterocycles. The van der Waals surface area contributed by atoms with Crippen molar-refractivity contribution in [1.29, 1.82) is 0 Å². The van der Waals surface area contributed by atoms with E-state index < -0.39 is 4.92 Å². The van der Waals surface area contributed by atoms with Gasteiger partial charge in [-0.15, -0.1) is 0 Å². The van der Waals surface area contributed by atoms with Crippen molar-refractivity contribution in [3.63, 3.8) is 0 Å². The second-order valence-electron chi connectivity index (χ2n) is 5.31. The van der Waals surface area contributed by atoms with Crippen molar-refractivity contribution in [2.24, 2.45) is 5.92 Å². The third-order valence-corrected chi connectivity index (χ3v) is 3.66. The van der Waals surface area contributed by atoms with Gasteiger partial charge in [0.2, 0.25) is 5.91 Å². The van der Waals surface area contributed by atoms with Gasteiger partial charge in [-0.25, -0.2) is 0 Å². The van der Waals surface area contributed by atoms with Gasteiger partial charge in [0.05, 0.1) is 10.5 Å². The first-order valence-electron chi connectivity index (χ1n) is 7.77. The van der Waals surface area contributed by atoms with Crippen LogP contribution in [0.15, 0.2) is 30.3 Å². The number of nitrogens with zero attached hydrogens (tertiary/aromatic N) is 1. The van der Waals surface area contributed by atoms with E-state index >= 15 is 0 Å². The van der Waals surface area contributed by atoms with Gasteiger partial charge < -0.3 is 5.32 Å². The van der Waals surface area contributed by atoms with Crippen LogP contribution in [0, 0.1) is 16.0 Å². The molecule has 120 valence electrons. The Kier molecular flexibility index (Phi) is 7.89. The number of amides is 1. The van der Waals surface area contributed by atoms with Gasteiger partial charge in [0.25, 0.3) is 5.69 Å². The number of rotatable bonds is 9. The van der Waals surface area contributed by atoms with Crippen molar-refractivity contribution in [2.75, 3.05) is 6.54 Å². The van der Waals surface area contributed by atoms with Gasteiger partial charge in [-0.05, 0) is 24.5 Å². The lowest BCUT2D eigenvalue weighted by Gasteiger charge is -2.14. The molecule has 0 aromatic heterocycles. The van der Waals surface area contributed by atoms with Crippen molar-refractivity contribution in [3.8, 4) is 0 Å². The molecule has 22 heavy (non-hydrogen) atoms. The van der Waals surface area contributed by atoms with Gasteiger partial charge in [-0.1, -0.05) is 45.2 Å². The number of nitrogens with one attached hydrogen (secondary N) is 1. The summed E-state index contributed by atoms with van der Waals surface area (Å²) in [4.78, 5) is 22.3. The molecule has 1 unspecified atom stereocenters. The smallest absolute Gasteiger partial charge is 0.276 e. The maximum absolute atomic E-state index is 11.8. The minimum Gasteiger partial charge on any atom is -0.352 e. The van der Waals surface area contributed by atoms with Crippen molar-refractivity contribution in [2.45, 2.75) is 39.5 Å². The summed E-state index contributed by atoms with van der Waals surface area (Å²) < 4.78 is 0. The molecule has 0 saturated heterocycles. The summed E-state index contributed by atoms with van der Waals surface area (Å²) in [5.41, 5.74) is 0.432. The molecule has 1 aromatic rings. The van der Waals surface area contributed by atoms with E-state index in [4.69, 9.17) is 0 Å². The van der Waals surface area contributed by atoms with Crippen molar-refractivity contribution < 1.29 is 9.72 Å². The first kappa shape index (κ1) is 17.9. The van der Waals surface area contributed by atoms with Crippen LogP contribution in [0.5, 0.6) is 0 Å². The van der Waals surface area contributed by atoms with E-state index in [1.165, 1.54) is 24.6 Å². The van der Waals surface area contributed by atoms with Crippen molar-refractivity contribution in [3.05, 3.63) is 46.0 Å². The summed E-state index contributed by atoms with van der Waals surface area (Å²) in [6, 6.07) is 6.37. The van der Waals surface area contributed by atoms with Crippen LogP contribution in [0.25, 0.3) is 6.08 Å². The fourth-order valence-electron chi connectivity index (χ4n) is 2.21. The highest BCUT2D eigenvalue weighted by Crippen LogP contribution is 2.18. The maximum Gasteiger partial charge on any atom is 0.276 e. The molecule has 0 bridgehead atoms. The molecule has 0 spiro atoms. The predicted octanol–water partition coefficient (Wildman–Crippen LogP) is 3.94. The highest BCUT2D eigenvalue weighted by Gasteiger charge is 2.10. The molecule has 0 saturated carbocycles. The second kappa shape index (κ2) is 9.71. The summed E-state index contributed by atoms with van der Waals surface area (Å²) in [5, 5.41) is 13.8. The minimum atomic E-state index is -0.449. The SMILES string of the molecule is CCCCC(CC)CNC(=O)/C=C/c1ccccc1[N+](=O)[O-]. The molecule has 1 amide bonds. The second-order valence-corrected chi connectivity index (χ2v) is 5.31. The normalized spacial score (nSPS) is 12.3. The quantitative estimate of drug-likeness (QED) is 0.426. The number of carbonyl (C=O) groups excluding carboxylic acids is 1. The number of hydrogen-bond donors (Lipinski definition) is 1. The van der Waals surface area contributed by atoms with Crippen LogP contribution in [0.2, 0.25) is 0 Å². The summed E-state index contributed by atoms with van der Waals surface area (Å²) in [6.07, 6.45) is 7.31. The lowest BCUT2D eigenvalue weighted by atomic mass is 9.99. The molecular weight excluding hydrogens is 280 g/mol. The molecule has 0 fully saturated rings. The van der Waals surface area contributed by atoms with E-state index in [-0.39, 0.29) is 11.6 Å². The van der Waals surface area contributed by atoms with E-state index in [0.29, 0.717) is 18.0 Å². The predicted molar refractivity (Wildman–Crippen MR) is 88.4 cm³/mol. The summed E-state index contributed by atoms with van der Waals surface area (Å²) in [6.45, 7) is 4.92. The maximum atomic E-state index is 11.8. The molecule has 1 N–H and O–H groups in total. The molecule has 0 aliphatic carbocycles. The first-order valence-corrected chi connectivity index (χ1v) is 7.77. The average Bonchev–Trinajstić information content (AvgIpc) is 2.53. The van der Waals surface area contributed by atoms with Gasteiger partial charge in [0.15, 0.2) is 0 Å². The molecule has 1 atom stereocenters. The van der Waals surface area contributed by atoms with Gasteiger partial charge >= 0.3 is 0 Å². The van der Waals surface area contributed by atoms with Crippen molar-refractivity contribution in [1.82, 2.24) is 5.32 Å². The Morgan fingerprint density at radius 3 is 2.73 bits per heavy atom. The monoisotopic (exact) mass is 304 g/mol. The van der Waals surface area contributed by atoms with E-state index in [0.717, 1.165) is 19.3 Å². The first-order chi connectivity index (χ1) is 10.6. The van der Waals surface area contributed by atoms with Gasteiger partial charge in [-0.2, -0.15) is 0 Å². The summed E-state index contributed by atoms with van der Waals surface area (Å²) >= 11 is 0. The van der Waals surface area contributed by atoms with E-state index in [9.17, 15) is 14.9 Å². The standard InChI is InChI=1S/C17H24N2O3/c1-3-5-8-14(4-2)13-18-17(20)12-11-15-9-6-7-10-16(15)19(21)22/h6-7,9-12,14H,3-5,8,13H2,1-2H3,(H,18,20)/b12-11+. The molecule has 5 heteroatoms. The molecule has 0 aliphatic rings. The summed E-state index contributed by atoms with van der Waals surface area (Å²) in [5.74, 6) is 0.275. The fourth-order valence-corrected chi connectivity index (χ4v) is 2.21. The highest BCUT2D eigenvalue weighted by molar-refractivity contribution is 5.92. The van der Waals surface area contributed by atoms with Crippen LogP contribution in [-0.4, -0.2) is 17.4 Å². The Morgan fingerprint density at radius 2 is 2.09 bits per heavy atom. The number of nitro benzene ring substituents is 1. The zero-order valence-electron chi connectivity index (χ0n) is 13.2. The fraction of sp³-hybridized carbons (Fsp3) is 0.471. The average molecular weight is 304 g/mol. The number of carbonyl (C=O) groups is 1. The molecule has 1 rings (SSSR count). The largest absolute Gasteiger partial charge is 0.352 e. The van der Waals surface area contributed by atoms with E-state index in [1.807, 2.05) is 0 Å². The van der Waals surface area contributed by atoms with Crippen molar-refractivity contribution >= 4 is 17.7 Å². The van der Waals surface area contributed by atoms with Crippen LogP contribution in [0.3, 0.4) is 0 Å². The van der Waals surface area contributed by atoms with Crippen LogP contribution in [0.1, 0.15) is 45.1 Å².